The van der Waals surface area contributed by atoms with Gasteiger partial charge in [0.05, 0.1) is 17.5 Å². The predicted molar refractivity (Wildman–Crippen MR) is 101 cm³/mol. The number of nitrogens with one attached hydrogen (secondary N) is 1. The largest absolute Gasteiger partial charge is 0.393 e. The van der Waals surface area contributed by atoms with Gasteiger partial charge in [-0.3, -0.25) is 4.79 Å². The molecule has 1 aliphatic heterocycles. The molecule has 25 heavy (non-hydrogen) atoms. The second kappa shape index (κ2) is 10.2. The third-order valence-electron chi connectivity index (χ3n) is 4.67. The fourth-order valence-corrected chi connectivity index (χ4v) is 3.19. The molecule has 0 radical (unpaired) electrons. The van der Waals surface area contributed by atoms with Crippen molar-refractivity contribution < 1.29 is 14.7 Å². The molecule has 5 heteroatoms. The molecule has 1 saturated heterocycles. The molecule has 2 rings (SSSR count). The van der Waals surface area contributed by atoms with E-state index >= 15 is 0 Å². The highest BCUT2D eigenvalue weighted by Gasteiger charge is 2.19. The molecule has 0 atom stereocenters. The van der Waals surface area contributed by atoms with Gasteiger partial charge in [0.15, 0.2) is 0 Å². The molecule has 1 aromatic rings. The topological polar surface area (TPSA) is 69.6 Å². The van der Waals surface area contributed by atoms with Gasteiger partial charge in [-0.2, -0.15) is 0 Å². The van der Waals surface area contributed by atoms with Gasteiger partial charge >= 0.3 is 0 Å². The maximum atomic E-state index is 12.2. The van der Waals surface area contributed by atoms with Gasteiger partial charge in [0, 0.05) is 25.9 Å². The van der Waals surface area contributed by atoms with E-state index in [1.807, 2.05) is 24.3 Å². The number of amides is 1. The molecule has 138 valence electrons. The van der Waals surface area contributed by atoms with Crippen molar-refractivity contribution in [3.63, 3.8) is 0 Å². The molecule has 0 spiro atoms. The number of carbonyl (C=O) groups excluding carboxylic acids is 2. The number of nitrogens with zero attached hydrogens (tertiary/aromatic N) is 1. The lowest BCUT2D eigenvalue weighted by Crippen LogP contribution is -2.36. The van der Waals surface area contributed by atoms with E-state index in [1.54, 1.807) is 6.92 Å². The zero-order chi connectivity index (χ0) is 18.1. The fraction of sp³-hybridized carbons (Fsp3) is 0.600. The van der Waals surface area contributed by atoms with Crippen molar-refractivity contribution in [3.8, 4) is 0 Å². The lowest BCUT2D eigenvalue weighted by atomic mass is 10.1. The summed E-state index contributed by atoms with van der Waals surface area (Å²) < 4.78 is 0. The molecule has 1 aliphatic rings. The fourth-order valence-electron chi connectivity index (χ4n) is 3.19. The highest BCUT2D eigenvalue weighted by Crippen LogP contribution is 2.28. The highest BCUT2D eigenvalue weighted by molar-refractivity contribution is 5.94. The number of piperidine rings is 1. The van der Waals surface area contributed by atoms with Gasteiger partial charge in [-0.1, -0.05) is 25.0 Å². The minimum absolute atomic E-state index is 0.0380. The molecule has 0 saturated carbocycles. The van der Waals surface area contributed by atoms with Crippen LogP contribution in [0.4, 0.5) is 11.4 Å². The zero-order valence-electron chi connectivity index (χ0n) is 15.2. The standard InChI is InChI=1S/C20H30N2O3/c1-16(23)8-4-2-3-5-11-20(25)21-18-9-6-7-10-19(18)22-14-12-17(24)13-15-22/h6-7,9-10,17,24H,2-5,8,11-15H2,1H3,(H,21,25). The summed E-state index contributed by atoms with van der Waals surface area (Å²) in [4.78, 5) is 25.3. The average molecular weight is 346 g/mol. The van der Waals surface area contributed by atoms with Crippen LogP contribution in [0.5, 0.6) is 0 Å². The first-order valence-electron chi connectivity index (χ1n) is 9.37. The molecular formula is C20H30N2O3. The van der Waals surface area contributed by atoms with Crippen LogP contribution in [0.25, 0.3) is 0 Å². The van der Waals surface area contributed by atoms with Crippen LogP contribution in [-0.4, -0.2) is 36.0 Å². The van der Waals surface area contributed by atoms with Crippen LogP contribution in [0.15, 0.2) is 24.3 Å². The Labute approximate surface area is 150 Å². The number of unbranched alkanes of at least 4 members (excludes halogenated alkanes) is 3. The first-order valence-corrected chi connectivity index (χ1v) is 9.37. The normalized spacial score (nSPS) is 15.2. The Bertz CT molecular complexity index is 566. The molecule has 1 amide bonds. The Kier molecular flexibility index (Phi) is 7.92. The summed E-state index contributed by atoms with van der Waals surface area (Å²) in [5, 5.41) is 12.7. The number of hydrogen-bond donors (Lipinski definition) is 2. The number of rotatable bonds is 9. The highest BCUT2D eigenvalue weighted by atomic mass is 16.3. The Morgan fingerprint density at radius 2 is 1.72 bits per heavy atom. The second-order valence-corrected chi connectivity index (χ2v) is 6.90. The van der Waals surface area contributed by atoms with Gasteiger partial charge in [-0.05, 0) is 44.7 Å². The number of hydrogen-bond acceptors (Lipinski definition) is 4. The number of carbonyl (C=O) groups is 2. The molecule has 0 bridgehead atoms. The van der Waals surface area contributed by atoms with Crippen LogP contribution in [0, 0.1) is 0 Å². The number of ketones is 1. The third kappa shape index (κ3) is 6.86. The van der Waals surface area contributed by atoms with E-state index in [0.29, 0.717) is 12.8 Å². The number of aliphatic hydroxyl groups is 1. The van der Waals surface area contributed by atoms with Crippen molar-refractivity contribution >= 4 is 23.1 Å². The summed E-state index contributed by atoms with van der Waals surface area (Å²) in [5.41, 5.74) is 1.88. The SMILES string of the molecule is CC(=O)CCCCCCC(=O)Nc1ccccc1N1CCC(O)CC1. The Hall–Kier alpha value is -1.88. The lowest BCUT2D eigenvalue weighted by molar-refractivity contribution is -0.117. The third-order valence-corrected chi connectivity index (χ3v) is 4.67. The van der Waals surface area contributed by atoms with Crippen LogP contribution in [0.1, 0.15) is 58.3 Å². The second-order valence-electron chi connectivity index (χ2n) is 6.90. The van der Waals surface area contributed by atoms with E-state index < -0.39 is 0 Å². The van der Waals surface area contributed by atoms with Crippen LogP contribution in [0.3, 0.4) is 0 Å². The maximum Gasteiger partial charge on any atom is 0.224 e. The van der Waals surface area contributed by atoms with E-state index in [2.05, 4.69) is 10.2 Å². The molecular weight excluding hydrogens is 316 g/mol. The zero-order valence-corrected chi connectivity index (χ0v) is 15.2. The van der Waals surface area contributed by atoms with Gasteiger partial charge < -0.3 is 20.1 Å². The molecule has 0 aromatic heterocycles. The molecule has 0 unspecified atom stereocenters. The first-order chi connectivity index (χ1) is 12.1. The Morgan fingerprint density at radius 3 is 2.40 bits per heavy atom. The summed E-state index contributed by atoms with van der Waals surface area (Å²) in [7, 11) is 0. The van der Waals surface area contributed by atoms with E-state index in [1.165, 1.54) is 0 Å². The Balaban J connectivity index is 1.78. The van der Waals surface area contributed by atoms with E-state index in [4.69, 9.17) is 0 Å². The molecule has 1 heterocycles. The minimum Gasteiger partial charge on any atom is -0.393 e. The summed E-state index contributed by atoms with van der Waals surface area (Å²) in [6, 6.07) is 7.87. The number of anilines is 2. The van der Waals surface area contributed by atoms with Crippen molar-refractivity contribution in [2.75, 3.05) is 23.3 Å². The van der Waals surface area contributed by atoms with Crippen molar-refractivity contribution in [2.45, 2.75) is 64.4 Å². The molecule has 1 fully saturated rings. The monoisotopic (exact) mass is 346 g/mol. The van der Waals surface area contributed by atoms with Crippen LogP contribution in [0.2, 0.25) is 0 Å². The van der Waals surface area contributed by atoms with Gasteiger partial charge in [0.1, 0.15) is 5.78 Å². The summed E-state index contributed by atoms with van der Waals surface area (Å²) in [6.45, 7) is 3.24. The van der Waals surface area contributed by atoms with Crippen molar-refractivity contribution in [3.05, 3.63) is 24.3 Å². The first kappa shape index (κ1) is 19.4. The van der Waals surface area contributed by atoms with Crippen LogP contribution < -0.4 is 10.2 Å². The van der Waals surface area contributed by atoms with Crippen molar-refractivity contribution in [2.24, 2.45) is 0 Å². The molecule has 0 aliphatic carbocycles. The quantitative estimate of drug-likeness (QED) is 0.671. The molecule has 1 aromatic carbocycles. The number of aliphatic hydroxyl groups excluding tert-OH is 1. The molecule has 2 N–H and O–H groups in total. The van der Waals surface area contributed by atoms with Crippen LogP contribution >= 0.6 is 0 Å². The number of Topliss-reactive ketones (excluding diaryl/α,β-unsaturated/α-hetero) is 1. The number of para-hydroxylation sites is 2. The van der Waals surface area contributed by atoms with Gasteiger partial charge in [-0.25, -0.2) is 0 Å². The maximum absolute atomic E-state index is 12.2. The van der Waals surface area contributed by atoms with E-state index in [-0.39, 0.29) is 17.8 Å². The van der Waals surface area contributed by atoms with Crippen LogP contribution in [-0.2, 0) is 9.59 Å². The summed E-state index contributed by atoms with van der Waals surface area (Å²) in [5.74, 6) is 0.274. The molecule has 5 nitrogen and oxygen atoms in total. The predicted octanol–water partition coefficient (Wildman–Crippen LogP) is 3.52. The summed E-state index contributed by atoms with van der Waals surface area (Å²) >= 11 is 0. The minimum atomic E-state index is -0.207. The van der Waals surface area contributed by atoms with Gasteiger partial charge in [0.2, 0.25) is 5.91 Å². The van der Waals surface area contributed by atoms with E-state index in [0.717, 1.165) is 63.0 Å². The summed E-state index contributed by atoms with van der Waals surface area (Å²) in [6.07, 6.45) is 6.22. The van der Waals surface area contributed by atoms with Gasteiger partial charge in [0.25, 0.3) is 0 Å². The average Bonchev–Trinajstić information content (AvgIpc) is 2.59. The van der Waals surface area contributed by atoms with Crippen molar-refractivity contribution in [1.82, 2.24) is 0 Å². The Morgan fingerprint density at radius 1 is 1.08 bits per heavy atom. The number of benzene rings is 1. The van der Waals surface area contributed by atoms with Gasteiger partial charge in [-0.15, -0.1) is 0 Å². The van der Waals surface area contributed by atoms with E-state index in [9.17, 15) is 14.7 Å². The van der Waals surface area contributed by atoms with Crippen molar-refractivity contribution in [1.29, 1.82) is 0 Å². The lowest BCUT2D eigenvalue weighted by Gasteiger charge is -2.32. The smallest absolute Gasteiger partial charge is 0.224 e.